The summed E-state index contributed by atoms with van der Waals surface area (Å²) in [6.45, 7) is 3.15. The van der Waals surface area contributed by atoms with Crippen molar-refractivity contribution in [2.75, 3.05) is 7.11 Å². The van der Waals surface area contributed by atoms with Crippen molar-refractivity contribution < 1.29 is 4.74 Å². The third kappa shape index (κ3) is 3.45. The van der Waals surface area contributed by atoms with Crippen LogP contribution in [0.1, 0.15) is 44.6 Å². The Morgan fingerprint density at radius 3 is 2.89 bits per heavy atom. The van der Waals surface area contributed by atoms with E-state index in [4.69, 9.17) is 4.74 Å². The maximum absolute atomic E-state index is 5.27. The molecule has 0 spiro atoms. The lowest BCUT2D eigenvalue weighted by Gasteiger charge is -2.28. The Labute approximate surface area is 110 Å². The molecule has 1 aromatic rings. The molecule has 1 atom stereocenters. The minimum Gasteiger partial charge on any atom is -0.481 e. The highest BCUT2D eigenvalue weighted by molar-refractivity contribution is 5.25. The number of nitrogens with one attached hydrogen (secondary N) is 1. The van der Waals surface area contributed by atoms with E-state index in [-0.39, 0.29) is 0 Å². The third-order valence-corrected chi connectivity index (χ3v) is 4.01. The maximum Gasteiger partial charge on any atom is 0.217 e. The van der Waals surface area contributed by atoms with E-state index < -0.39 is 0 Å². The molecule has 0 unspecified atom stereocenters. The highest BCUT2D eigenvalue weighted by Gasteiger charge is 2.19. The van der Waals surface area contributed by atoms with Crippen LogP contribution in [0.2, 0.25) is 0 Å². The monoisotopic (exact) mass is 248 g/mol. The normalized spacial score (nSPS) is 18.6. The highest BCUT2D eigenvalue weighted by Crippen LogP contribution is 2.26. The SMILES string of the molecule is COc1ncccc1CN[C@@H](C)C1CCCCC1. The minimum absolute atomic E-state index is 0.579. The predicted molar refractivity (Wildman–Crippen MR) is 73.7 cm³/mol. The Hall–Kier alpha value is -1.09. The molecule has 0 radical (unpaired) electrons. The number of aromatic nitrogens is 1. The second-order valence-electron chi connectivity index (χ2n) is 5.24. The van der Waals surface area contributed by atoms with Crippen LogP contribution in [0, 0.1) is 5.92 Å². The molecule has 1 N–H and O–H groups in total. The molecule has 100 valence electrons. The predicted octanol–water partition coefficient (Wildman–Crippen LogP) is 3.15. The Kier molecular flexibility index (Phi) is 5.00. The van der Waals surface area contributed by atoms with Gasteiger partial charge in [0.2, 0.25) is 5.88 Å². The summed E-state index contributed by atoms with van der Waals surface area (Å²) in [5.74, 6) is 1.57. The van der Waals surface area contributed by atoms with E-state index in [2.05, 4.69) is 23.3 Å². The zero-order chi connectivity index (χ0) is 12.8. The van der Waals surface area contributed by atoms with Crippen molar-refractivity contribution in [2.24, 2.45) is 5.92 Å². The number of rotatable bonds is 5. The third-order valence-electron chi connectivity index (χ3n) is 4.01. The van der Waals surface area contributed by atoms with E-state index >= 15 is 0 Å². The van der Waals surface area contributed by atoms with E-state index in [9.17, 15) is 0 Å². The maximum atomic E-state index is 5.27. The number of hydrogen-bond donors (Lipinski definition) is 1. The number of nitrogens with zero attached hydrogens (tertiary/aromatic N) is 1. The highest BCUT2D eigenvalue weighted by atomic mass is 16.5. The van der Waals surface area contributed by atoms with Gasteiger partial charge in [0.05, 0.1) is 7.11 Å². The molecule has 1 aliphatic carbocycles. The van der Waals surface area contributed by atoms with E-state index in [0.717, 1.165) is 23.9 Å². The van der Waals surface area contributed by atoms with Gasteiger partial charge in [0, 0.05) is 24.3 Å². The van der Waals surface area contributed by atoms with Crippen molar-refractivity contribution >= 4 is 0 Å². The molecule has 3 nitrogen and oxygen atoms in total. The molecule has 0 bridgehead atoms. The van der Waals surface area contributed by atoms with Crippen molar-refractivity contribution in [3.05, 3.63) is 23.9 Å². The topological polar surface area (TPSA) is 34.1 Å². The molecular formula is C15H24N2O. The van der Waals surface area contributed by atoms with Crippen LogP contribution in [-0.2, 0) is 6.54 Å². The molecule has 0 saturated heterocycles. The number of hydrogen-bond acceptors (Lipinski definition) is 3. The fourth-order valence-electron chi connectivity index (χ4n) is 2.81. The summed E-state index contributed by atoms with van der Waals surface area (Å²) in [5.41, 5.74) is 1.14. The first kappa shape index (κ1) is 13.3. The minimum atomic E-state index is 0.579. The number of pyridine rings is 1. The Morgan fingerprint density at radius 2 is 2.17 bits per heavy atom. The molecule has 1 saturated carbocycles. The summed E-state index contributed by atoms with van der Waals surface area (Å²) in [5, 5.41) is 3.62. The lowest BCUT2D eigenvalue weighted by atomic mass is 9.84. The molecule has 1 aromatic heterocycles. The van der Waals surface area contributed by atoms with Crippen molar-refractivity contribution in [2.45, 2.75) is 51.6 Å². The summed E-state index contributed by atoms with van der Waals surface area (Å²) in [6.07, 6.45) is 8.73. The summed E-state index contributed by atoms with van der Waals surface area (Å²) < 4.78 is 5.27. The molecule has 1 heterocycles. The number of ether oxygens (including phenoxy) is 1. The van der Waals surface area contributed by atoms with Crippen LogP contribution in [0.15, 0.2) is 18.3 Å². The van der Waals surface area contributed by atoms with E-state index in [1.807, 2.05) is 6.07 Å². The fraction of sp³-hybridized carbons (Fsp3) is 0.667. The second-order valence-corrected chi connectivity index (χ2v) is 5.24. The fourth-order valence-corrected chi connectivity index (χ4v) is 2.81. The zero-order valence-corrected chi connectivity index (χ0v) is 11.5. The van der Waals surface area contributed by atoms with Crippen LogP contribution in [0.4, 0.5) is 0 Å². The molecule has 18 heavy (non-hydrogen) atoms. The lowest BCUT2D eigenvalue weighted by molar-refractivity contribution is 0.279. The Morgan fingerprint density at radius 1 is 1.39 bits per heavy atom. The molecule has 1 aliphatic rings. The lowest BCUT2D eigenvalue weighted by Crippen LogP contribution is -2.34. The Bertz CT molecular complexity index is 361. The molecule has 3 heteroatoms. The van der Waals surface area contributed by atoms with Crippen LogP contribution in [0.3, 0.4) is 0 Å². The first-order chi connectivity index (χ1) is 8.81. The van der Waals surface area contributed by atoms with Crippen LogP contribution >= 0.6 is 0 Å². The molecule has 1 fully saturated rings. The summed E-state index contributed by atoms with van der Waals surface area (Å²) in [6, 6.07) is 4.62. The first-order valence-electron chi connectivity index (χ1n) is 7.02. The van der Waals surface area contributed by atoms with Gasteiger partial charge >= 0.3 is 0 Å². The van der Waals surface area contributed by atoms with Crippen molar-refractivity contribution in [1.82, 2.24) is 10.3 Å². The average Bonchev–Trinajstić information content (AvgIpc) is 2.46. The molecule has 0 amide bonds. The first-order valence-corrected chi connectivity index (χ1v) is 7.02. The van der Waals surface area contributed by atoms with Crippen molar-refractivity contribution in [1.29, 1.82) is 0 Å². The molecule has 2 rings (SSSR count). The van der Waals surface area contributed by atoms with Gasteiger partial charge in [-0.2, -0.15) is 0 Å². The average molecular weight is 248 g/mol. The van der Waals surface area contributed by atoms with Crippen molar-refractivity contribution in [3.8, 4) is 5.88 Å². The Balaban J connectivity index is 1.86. The van der Waals surface area contributed by atoms with Gasteiger partial charge in [-0.1, -0.05) is 25.3 Å². The zero-order valence-electron chi connectivity index (χ0n) is 11.5. The quantitative estimate of drug-likeness (QED) is 0.869. The summed E-state index contributed by atoms with van der Waals surface area (Å²) in [4.78, 5) is 4.23. The van der Waals surface area contributed by atoms with Gasteiger partial charge in [0.25, 0.3) is 0 Å². The largest absolute Gasteiger partial charge is 0.481 e. The van der Waals surface area contributed by atoms with Crippen LogP contribution in [0.25, 0.3) is 0 Å². The van der Waals surface area contributed by atoms with Gasteiger partial charge in [0.1, 0.15) is 0 Å². The smallest absolute Gasteiger partial charge is 0.217 e. The van der Waals surface area contributed by atoms with Gasteiger partial charge in [-0.3, -0.25) is 0 Å². The molecule has 0 aromatic carbocycles. The van der Waals surface area contributed by atoms with Gasteiger partial charge in [-0.25, -0.2) is 4.98 Å². The molecule has 0 aliphatic heterocycles. The van der Waals surface area contributed by atoms with Gasteiger partial charge in [-0.15, -0.1) is 0 Å². The van der Waals surface area contributed by atoms with Gasteiger partial charge in [0.15, 0.2) is 0 Å². The van der Waals surface area contributed by atoms with Crippen LogP contribution in [0.5, 0.6) is 5.88 Å². The van der Waals surface area contributed by atoms with Crippen LogP contribution in [-0.4, -0.2) is 18.1 Å². The number of methoxy groups -OCH3 is 1. The summed E-state index contributed by atoms with van der Waals surface area (Å²) in [7, 11) is 1.68. The van der Waals surface area contributed by atoms with E-state index in [1.54, 1.807) is 13.3 Å². The van der Waals surface area contributed by atoms with Gasteiger partial charge in [-0.05, 0) is 31.7 Å². The van der Waals surface area contributed by atoms with Gasteiger partial charge < -0.3 is 10.1 Å². The van der Waals surface area contributed by atoms with Crippen molar-refractivity contribution in [3.63, 3.8) is 0 Å². The van der Waals surface area contributed by atoms with E-state index in [0.29, 0.717) is 6.04 Å². The van der Waals surface area contributed by atoms with E-state index in [1.165, 1.54) is 32.1 Å². The molecular weight excluding hydrogens is 224 g/mol. The standard InChI is InChI=1S/C15H24N2O/c1-12(13-7-4-3-5-8-13)17-11-14-9-6-10-16-15(14)18-2/h6,9-10,12-13,17H,3-5,7-8,11H2,1-2H3/t12-/m0/s1. The van der Waals surface area contributed by atoms with Crippen LogP contribution < -0.4 is 10.1 Å². The summed E-state index contributed by atoms with van der Waals surface area (Å²) >= 11 is 0. The second kappa shape index (κ2) is 6.74.